The van der Waals surface area contributed by atoms with Crippen molar-refractivity contribution in [1.82, 2.24) is 25.2 Å². The van der Waals surface area contributed by atoms with Crippen molar-refractivity contribution < 1.29 is 9.13 Å². The molecule has 2 N–H and O–H groups in total. The predicted octanol–water partition coefficient (Wildman–Crippen LogP) is 4.78. The second kappa shape index (κ2) is 9.94. The van der Waals surface area contributed by atoms with Gasteiger partial charge in [-0.3, -0.25) is 4.90 Å². The van der Waals surface area contributed by atoms with Gasteiger partial charge in [0, 0.05) is 53.2 Å². The number of anilines is 1. The van der Waals surface area contributed by atoms with Gasteiger partial charge in [-0.1, -0.05) is 0 Å². The largest absolute Gasteiger partial charge is 0.378 e. The Morgan fingerprint density at radius 3 is 2.70 bits per heavy atom. The first-order valence-electron chi connectivity index (χ1n) is 13.6. The van der Waals surface area contributed by atoms with Gasteiger partial charge < -0.3 is 19.9 Å². The second-order valence-electron chi connectivity index (χ2n) is 10.7. The molecule has 37 heavy (non-hydrogen) atoms. The van der Waals surface area contributed by atoms with Crippen molar-refractivity contribution in [2.24, 2.45) is 5.92 Å². The van der Waals surface area contributed by atoms with Crippen LogP contribution in [0.4, 0.5) is 10.2 Å². The number of aromatic amines is 1. The summed E-state index contributed by atoms with van der Waals surface area (Å²) >= 11 is 1.80. The maximum absolute atomic E-state index is 14.5. The fourth-order valence-electron chi connectivity index (χ4n) is 5.64. The molecule has 5 heterocycles. The van der Waals surface area contributed by atoms with Crippen LogP contribution in [-0.4, -0.2) is 71.8 Å². The molecule has 0 atom stereocenters. The average Bonchev–Trinajstić information content (AvgIpc) is 3.48. The lowest BCUT2D eigenvalue weighted by molar-refractivity contribution is 0.122. The molecule has 0 bridgehead atoms. The van der Waals surface area contributed by atoms with E-state index in [1.807, 2.05) is 12.3 Å². The van der Waals surface area contributed by atoms with Crippen molar-refractivity contribution in [2.75, 3.05) is 50.8 Å². The average molecular weight is 521 g/mol. The number of piperidine rings is 1. The minimum atomic E-state index is -0.289. The highest BCUT2D eigenvalue weighted by Gasteiger charge is 2.26. The third kappa shape index (κ3) is 4.97. The molecule has 1 saturated carbocycles. The highest BCUT2D eigenvalue weighted by atomic mass is 32.1. The Morgan fingerprint density at radius 1 is 1.05 bits per heavy atom. The van der Waals surface area contributed by atoms with Gasteiger partial charge in [0.1, 0.15) is 5.82 Å². The molecule has 0 amide bonds. The summed E-state index contributed by atoms with van der Waals surface area (Å²) in [5.41, 5.74) is 2.43. The zero-order valence-corrected chi connectivity index (χ0v) is 21.8. The first-order valence-corrected chi connectivity index (χ1v) is 14.4. The Hall–Kier alpha value is -2.59. The van der Waals surface area contributed by atoms with Crippen molar-refractivity contribution in [3.8, 4) is 11.4 Å². The fourth-order valence-corrected chi connectivity index (χ4v) is 6.79. The molecule has 1 aliphatic carbocycles. The zero-order chi connectivity index (χ0) is 24.8. The van der Waals surface area contributed by atoms with Crippen LogP contribution >= 0.6 is 11.3 Å². The van der Waals surface area contributed by atoms with E-state index in [0.29, 0.717) is 25.1 Å². The van der Waals surface area contributed by atoms with E-state index in [2.05, 4.69) is 26.2 Å². The number of hydrogen-bond acceptors (Lipinski definition) is 7. The summed E-state index contributed by atoms with van der Waals surface area (Å²) in [6.07, 6.45) is 7.08. The van der Waals surface area contributed by atoms with E-state index >= 15 is 0 Å². The zero-order valence-electron chi connectivity index (χ0n) is 21.0. The standard InChI is InChI=1S/C28H33FN6OS/c29-19-13-23(22-3-6-30-24(22)14-19)27-32-25-15-21(37-26(25)28(33-27)35-9-11-36-12-10-35)17-34-7-4-20(5-8-34)31-16-18-1-2-18/h3,6,13-15,18,20,30-31H,1-2,4-5,7-12,16-17H2. The molecule has 0 spiro atoms. The number of thiophene rings is 1. The lowest BCUT2D eigenvalue weighted by Gasteiger charge is -2.32. The summed E-state index contributed by atoms with van der Waals surface area (Å²) in [5, 5.41) is 4.72. The third-order valence-electron chi connectivity index (χ3n) is 7.95. The molecule has 2 saturated heterocycles. The molecule has 4 aromatic rings. The Morgan fingerprint density at radius 2 is 1.89 bits per heavy atom. The van der Waals surface area contributed by atoms with Crippen LogP contribution in [0, 0.1) is 11.7 Å². The van der Waals surface area contributed by atoms with Gasteiger partial charge in [0.2, 0.25) is 0 Å². The van der Waals surface area contributed by atoms with Crippen LogP contribution in [0.25, 0.3) is 32.5 Å². The van der Waals surface area contributed by atoms with Gasteiger partial charge in [0.25, 0.3) is 0 Å². The summed E-state index contributed by atoms with van der Waals surface area (Å²) in [7, 11) is 0. The summed E-state index contributed by atoms with van der Waals surface area (Å²) < 4.78 is 21.2. The fraction of sp³-hybridized carbons (Fsp3) is 0.500. The quantitative estimate of drug-likeness (QED) is 0.366. The van der Waals surface area contributed by atoms with Crippen LogP contribution < -0.4 is 10.2 Å². The van der Waals surface area contributed by atoms with E-state index < -0.39 is 0 Å². The molecular weight excluding hydrogens is 487 g/mol. The molecular formula is C28H33FN6OS. The van der Waals surface area contributed by atoms with Crippen molar-refractivity contribution in [3.63, 3.8) is 0 Å². The predicted molar refractivity (Wildman–Crippen MR) is 147 cm³/mol. The van der Waals surface area contributed by atoms with E-state index in [9.17, 15) is 4.39 Å². The second-order valence-corrected chi connectivity index (χ2v) is 11.8. The van der Waals surface area contributed by atoms with Crippen molar-refractivity contribution in [2.45, 2.75) is 38.3 Å². The Bertz CT molecular complexity index is 1400. The summed E-state index contributed by atoms with van der Waals surface area (Å²) in [4.78, 5) is 19.3. The number of halogens is 1. The Balaban J connectivity index is 1.18. The number of benzene rings is 1. The van der Waals surface area contributed by atoms with Gasteiger partial charge in [-0.25, -0.2) is 14.4 Å². The Kier molecular flexibility index (Phi) is 6.32. The van der Waals surface area contributed by atoms with Crippen molar-refractivity contribution in [1.29, 1.82) is 0 Å². The van der Waals surface area contributed by atoms with Gasteiger partial charge >= 0.3 is 0 Å². The van der Waals surface area contributed by atoms with Gasteiger partial charge in [-0.05, 0) is 75.5 Å². The first kappa shape index (κ1) is 23.5. The lowest BCUT2D eigenvalue weighted by atomic mass is 10.0. The summed E-state index contributed by atoms with van der Waals surface area (Å²) in [6, 6.07) is 7.93. The van der Waals surface area contributed by atoms with E-state index in [1.165, 1.54) is 43.2 Å². The molecule has 7 nitrogen and oxygen atoms in total. The number of nitrogens with one attached hydrogen (secondary N) is 2. The minimum absolute atomic E-state index is 0.289. The third-order valence-corrected chi connectivity index (χ3v) is 9.05. The van der Waals surface area contributed by atoms with Gasteiger partial charge in [0.05, 0.1) is 23.4 Å². The lowest BCUT2D eigenvalue weighted by Crippen LogP contribution is -2.42. The molecule has 9 heteroatoms. The highest BCUT2D eigenvalue weighted by Crippen LogP contribution is 2.37. The molecule has 2 aliphatic heterocycles. The monoisotopic (exact) mass is 520 g/mol. The molecule has 3 fully saturated rings. The number of likely N-dealkylation sites (tertiary alicyclic amines) is 1. The van der Waals surface area contributed by atoms with Crippen molar-refractivity contribution in [3.05, 3.63) is 41.2 Å². The first-order chi connectivity index (χ1) is 18.2. The maximum atomic E-state index is 14.5. The number of aromatic nitrogens is 3. The smallest absolute Gasteiger partial charge is 0.163 e. The summed E-state index contributed by atoms with van der Waals surface area (Å²) in [6.45, 7) is 7.35. The number of H-pyrrole nitrogens is 1. The van der Waals surface area contributed by atoms with Crippen LogP contribution in [0.2, 0.25) is 0 Å². The van der Waals surface area contributed by atoms with E-state index in [-0.39, 0.29) is 5.82 Å². The van der Waals surface area contributed by atoms with Gasteiger partial charge in [-0.2, -0.15) is 0 Å². The summed E-state index contributed by atoms with van der Waals surface area (Å²) in [5.74, 6) is 2.16. The molecule has 3 aromatic heterocycles. The van der Waals surface area contributed by atoms with Crippen LogP contribution in [-0.2, 0) is 11.3 Å². The molecule has 3 aliphatic rings. The minimum Gasteiger partial charge on any atom is -0.378 e. The van der Waals surface area contributed by atoms with Crippen LogP contribution in [0.3, 0.4) is 0 Å². The van der Waals surface area contributed by atoms with Crippen molar-refractivity contribution >= 4 is 38.3 Å². The topological polar surface area (TPSA) is 69.3 Å². The number of nitrogens with zero attached hydrogens (tertiary/aromatic N) is 4. The number of morpholine rings is 1. The Labute approximate surface area is 220 Å². The van der Waals surface area contributed by atoms with E-state index in [0.717, 1.165) is 71.1 Å². The van der Waals surface area contributed by atoms with Gasteiger partial charge in [0.15, 0.2) is 11.6 Å². The van der Waals surface area contributed by atoms with Gasteiger partial charge in [-0.15, -0.1) is 11.3 Å². The maximum Gasteiger partial charge on any atom is 0.163 e. The van der Waals surface area contributed by atoms with E-state index in [1.54, 1.807) is 17.4 Å². The number of hydrogen-bond donors (Lipinski definition) is 2. The normalized spacial score (nSPS) is 19.9. The van der Waals surface area contributed by atoms with Crippen LogP contribution in [0.5, 0.6) is 0 Å². The number of ether oxygens (including phenoxy) is 1. The van der Waals surface area contributed by atoms with E-state index in [4.69, 9.17) is 14.7 Å². The molecule has 7 rings (SSSR count). The number of rotatable bonds is 7. The molecule has 1 aromatic carbocycles. The molecule has 194 valence electrons. The molecule has 0 unspecified atom stereocenters. The van der Waals surface area contributed by atoms with Crippen LogP contribution in [0.1, 0.15) is 30.6 Å². The van der Waals surface area contributed by atoms with Crippen LogP contribution in [0.15, 0.2) is 30.5 Å². The highest BCUT2D eigenvalue weighted by molar-refractivity contribution is 7.19. The number of fused-ring (bicyclic) bond motifs is 2. The SMILES string of the molecule is Fc1cc(-c2nc(N3CCOCC3)c3sc(CN4CCC(NCC5CC5)CC4)cc3n2)c2cc[nH]c2c1. The molecule has 0 radical (unpaired) electrons.